The van der Waals surface area contributed by atoms with E-state index < -0.39 is 6.10 Å². The number of hydrogen-bond donors (Lipinski definition) is 2. The molecule has 3 atom stereocenters. The fraction of sp³-hybridized carbons (Fsp3) is 0.938. The Bertz CT molecular complexity index is 299. The first-order valence-electron chi connectivity index (χ1n) is 8.32. The van der Waals surface area contributed by atoms with Gasteiger partial charge < -0.3 is 20.1 Å². The molecule has 1 amide bonds. The van der Waals surface area contributed by atoms with Gasteiger partial charge in [-0.3, -0.25) is 4.79 Å². The maximum atomic E-state index is 11.7. The predicted molar refractivity (Wildman–Crippen MR) is 84.2 cm³/mol. The van der Waals surface area contributed by atoms with Crippen LogP contribution >= 0.6 is 0 Å². The zero-order valence-electron chi connectivity index (χ0n) is 13.8. The Morgan fingerprint density at radius 2 is 2.19 bits per heavy atom. The van der Waals surface area contributed by atoms with Crippen LogP contribution in [0.3, 0.4) is 0 Å². The van der Waals surface area contributed by atoms with Crippen molar-refractivity contribution in [3.63, 3.8) is 0 Å². The quantitative estimate of drug-likeness (QED) is 0.605. The number of aliphatic hydroxyl groups excluding tert-OH is 1. The van der Waals surface area contributed by atoms with E-state index in [4.69, 9.17) is 4.74 Å². The summed E-state index contributed by atoms with van der Waals surface area (Å²) < 4.78 is 5.62. The summed E-state index contributed by atoms with van der Waals surface area (Å²) in [5.74, 6) is 0.712. The molecule has 3 unspecified atom stereocenters. The van der Waals surface area contributed by atoms with E-state index in [1.165, 1.54) is 19.3 Å². The number of hydrogen-bond acceptors (Lipinski definition) is 4. The van der Waals surface area contributed by atoms with Crippen LogP contribution in [0.15, 0.2) is 0 Å². The van der Waals surface area contributed by atoms with Gasteiger partial charge in [-0.25, -0.2) is 0 Å². The molecule has 1 fully saturated rings. The zero-order chi connectivity index (χ0) is 15.7. The lowest BCUT2D eigenvalue weighted by atomic mass is 10.0. The van der Waals surface area contributed by atoms with E-state index in [-0.39, 0.29) is 11.9 Å². The van der Waals surface area contributed by atoms with Crippen LogP contribution < -0.4 is 5.32 Å². The van der Waals surface area contributed by atoms with Gasteiger partial charge >= 0.3 is 0 Å². The second-order valence-electron chi connectivity index (χ2n) is 6.12. The summed E-state index contributed by atoms with van der Waals surface area (Å²) in [6.07, 6.45) is 5.04. The largest absolute Gasteiger partial charge is 0.389 e. The molecule has 0 saturated carbocycles. The number of amides is 1. The average molecular weight is 300 g/mol. The van der Waals surface area contributed by atoms with Gasteiger partial charge in [-0.05, 0) is 18.8 Å². The van der Waals surface area contributed by atoms with Gasteiger partial charge in [0, 0.05) is 26.7 Å². The summed E-state index contributed by atoms with van der Waals surface area (Å²) in [4.78, 5) is 13.4. The van der Waals surface area contributed by atoms with Crippen LogP contribution in [0, 0.1) is 5.92 Å². The van der Waals surface area contributed by atoms with Crippen LogP contribution in [0.5, 0.6) is 0 Å². The molecule has 5 nitrogen and oxygen atoms in total. The first-order valence-corrected chi connectivity index (χ1v) is 8.32. The van der Waals surface area contributed by atoms with Gasteiger partial charge in [-0.2, -0.15) is 0 Å². The summed E-state index contributed by atoms with van der Waals surface area (Å²) in [7, 11) is 1.81. The van der Waals surface area contributed by atoms with E-state index >= 15 is 0 Å². The molecule has 1 aliphatic rings. The van der Waals surface area contributed by atoms with Crippen molar-refractivity contribution in [2.24, 2.45) is 5.92 Å². The predicted octanol–water partition coefficient (Wildman–Crippen LogP) is 1.40. The first kappa shape index (κ1) is 18.4. The SMILES string of the molecule is CCCCC(CC)COCC(O)CNC1CCN(C)C1=O. The van der Waals surface area contributed by atoms with Crippen LogP contribution in [0.2, 0.25) is 0 Å². The van der Waals surface area contributed by atoms with Crippen LogP contribution in [0.4, 0.5) is 0 Å². The highest BCUT2D eigenvalue weighted by Crippen LogP contribution is 2.13. The van der Waals surface area contributed by atoms with Crippen molar-refractivity contribution in [3.05, 3.63) is 0 Å². The first-order chi connectivity index (χ1) is 10.1. The number of likely N-dealkylation sites (tertiary alicyclic amines) is 1. The Morgan fingerprint density at radius 1 is 1.43 bits per heavy atom. The number of aliphatic hydroxyl groups is 1. The molecular formula is C16H32N2O3. The van der Waals surface area contributed by atoms with Gasteiger partial charge in [-0.1, -0.05) is 33.1 Å². The maximum Gasteiger partial charge on any atom is 0.239 e. The van der Waals surface area contributed by atoms with E-state index in [2.05, 4.69) is 19.2 Å². The minimum Gasteiger partial charge on any atom is -0.389 e. The average Bonchev–Trinajstić information content (AvgIpc) is 2.80. The molecular weight excluding hydrogens is 268 g/mol. The summed E-state index contributed by atoms with van der Waals surface area (Å²) in [5.41, 5.74) is 0. The molecule has 21 heavy (non-hydrogen) atoms. The molecule has 0 spiro atoms. The Kier molecular flexibility index (Phi) is 8.88. The van der Waals surface area contributed by atoms with E-state index in [1.54, 1.807) is 4.90 Å². The fourth-order valence-electron chi connectivity index (χ4n) is 2.62. The molecule has 1 saturated heterocycles. The minimum absolute atomic E-state index is 0.119. The van der Waals surface area contributed by atoms with Gasteiger partial charge in [0.1, 0.15) is 0 Å². The number of unbranched alkanes of at least 4 members (excludes halogenated alkanes) is 1. The molecule has 2 N–H and O–H groups in total. The number of carbonyl (C=O) groups is 1. The Morgan fingerprint density at radius 3 is 2.76 bits per heavy atom. The summed E-state index contributed by atoms with van der Waals surface area (Å²) >= 11 is 0. The molecule has 0 bridgehead atoms. The molecule has 0 aromatic rings. The smallest absolute Gasteiger partial charge is 0.239 e. The number of nitrogens with zero attached hydrogens (tertiary/aromatic N) is 1. The Hall–Kier alpha value is -0.650. The van der Waals surface area contributed by atoms with Crippen molar-refractivity contribution in [1.29, 1.82) is 0 Å². The third-order valence-corrected chi connectivity index (χ3v) is 4.23. The number of carbonyl (C=O) groups excluding carboxylic acids is 1. The number of rotatable bonds is 11. The Labute approximate surface area is 129 Å². The van der Waals surface area contributed by atoms with Gasteiger partial charge in [0.2, 0.25) is 5.91 Å². The highest BCUT2D eigenvalue weighted by Gasteiger charge is 2.28. The molecule has 0 aromatic carbocycles. The van der Waals surface area contributed by atoms with E-state index in [0.717, 1.165) is 26.0 Å². The highest BCUT2D eigenvalue weighted by molar-refractivity contribution is 5.83. The highest BCUT2D eigenvalue weighted by atomic mass is 16.5. The van der Waals surface area contributed by atoms with E-state index in [1.807, 2.05) is 7.05 Å². The molecule has 0 aromatic heterocycles. The molecule has 1 rings (SSSR count). The van der Waals surface area contributed by atoms with Crippen molar-refractivity contribution in [2.45, 2.75) is 58.1 Å². The van der Waals surface area contributed by atoms with Gasteiger partial charge in [0.25, 0.3) is 0 Å². The number of ether oxygens (including phenoxy) is 1. The topological polar surface area (TPSA) is 61.8 Å². The minimum atomic E-state index is -0.549. The molecule has 0 radical (unpaired) electrons. The van der Waals surface area contributed by atoms with Gasteiger partial charge in [0.15, 0.2) is 0 Å². The van der Waals surface area contributed by atoms with Gasteiger partial charge in [0.05, 0.1) is 18.8 Å². The third-order valence-electron chi connectivity index (χ3n) is 4.23. The van der Waals surface area contributed by atoms with E-state index in [9.17, 15) is 9.90 Å². The standard InChI is InChI=1S/C16H32N2O3/c1-4-6-7-13(5-2)11-21-12-14(19)10-17-15-8-9-18(3)16(15)20/h13-15,17,19H,4-12H2,1-3H3. The zero-order valence-corrected chi connectivity index (χ0v) is 13.8. The summed E-state index contributed by atoms with van der Waals surface area (Å²) in [6.45, 7) is 6.65. The van der Waals surface area contributed by atoms with Crippen LogP contribution in [-0.2, 0) is 9.53 Å². The second-order valence-corrected chi connectivity index (χ2v) is 6.12. The lowest BCUT2D eigenvalue weighted by Gasteiger charge is -2.18. The van der Waals surface area contributed by atoms with Crippen molar-refractivity contribution >= 4 is 5.91 Å². The monoisotopic (exact) mass is 300 g/mol. The molecule has 0 aliphatic carbocycles. The van der Waals surface area contributed by atoms with Crippen LogP contribution in [0.25, 0.3) is 0 Å². The maximum absolute atomic E-state index is 11.7. The van der Waals surface area contributed by atoms with Crippen molar-refractivity contribution in [2.75, 3.05) is 33.4 Å². The lowest BCUT2D eigenvalue weighted by Crippen LogP contribution is -2.42. The normalized spacial score (nSPS) is 21.8. The second kappa shape index (κ2) is 10.1. The number of nitrogens with one attached hydrogen (secondary N) is 1. The third kappa shape index (κ3) is 6.76. The lowest BCUT2D eigenvalue weighted by molar-refractivity contribution is -0.128. The summed E-state index contributed by atoms with van der Waals surface area (Å²) in [5, 5.41) is 13.0. The van der Waals surface area contributed by atoms with Crippen molar-refractivity contribution in [3.8, 4) is 0 Å². The Balaban J connectivity index is 2.10. The van der Waals surface area contributed by atoms with Crippen LogP contribution in [0.1, 0.15) is 46.0 Å². The molecule has 1 aliphatic heterocycles. The fourth-order valence-corrected chi connectivity index (χ4v) is 2.62. The van der Waals surface area contributed by atoms with Crippen molar-refractivity contribution < 1.29 is 14.6 Å². The summed E-state index contributed by atoms with van der Waals surface area (Å²) in [6, 6.07) is -0.141. The number of likely N-dealkylation sites (N-methyl/N-ethyl adjacent to an activating group) is 1. The molecule has 5 heteroatoms. The van der Waals surface area contributed by atoms with Gasteiger partial charge in [-0.15, -0.1) is 0 Å². The van der Waals surface area contributed by atoms with Crippen LogP contribution in [-0.4, -0.2) is 61.4 Å². The van der Waals surface area contributed by atoms with Crippen molar-refractivity contribution in [1.82, 2.24) is 10.2 Å². The molecule has 124 valence electrons. The van der Waals surface area contributed by atoms with E-state index in [0.29, 0.717) is 19.1 Å². The molecule has 1 heterocycles.